The average Bonchev–Trinajstić information content (AvgIpc) is 2.57. The Kier molecular flexibility index (Phi) is 6.96. The maximum atomic E-state index is 12.3. The van der Waals surface area contributed by atoms with Crippen molar-refractivity contribution in [3.8, 4) is 5.75 Å². The van der Waals surface area contributed by atoms with Gasteiger partial charge < -0.3 is 10.1 Å². The van der Waals surface area contributed by atoms with E-state index in [4.69, 9.17) is 16.3 Å². The Morgan fingerprint density at radius 2 is 1.71 bits per heavy atom. The maximum Gasteiger partial charge on any atom is 0.258 e. The van der Waals surface area contributed by atoms with E-state index in [2.05, 4.69) is 5.32 Å². The van der Waals surface area contributed by atoms with Crippen LogP contribution in [0.5, 0.6) is 5.75 Å². The summed E-state index contributed by atoms with van der Waals surface area (Å²) in [5.74, 6) is 0.243. The van der Waals surface area contributed by atoms with Crippen LogP contribution >= 0.6 is 11.6 Å². The van der Waals surface area contributed by atoms with Gasteiger partial charge in [0.1, 0.15) is 5.75 Å². The smallest absolute Gasteiger partial charge is 0.258 e. The first-order valence-corrected chi connectivity index (χ1v) is 10.9. The largest absolute Gasteiger partial charge is 0.484 e. The normalized spacial score (nSPS) is 11.8. The van der Waals surface area contributed by atoms with Crippen molar-refractivity contribution in [2.75, 3.05) is 17.2 Å². The third-order valence-corrected chi connectivity index (χ3v) is 5.19. The molecule has 0 aromatic heterocycles. The minimum absolute atomic E-state index is 0.118. The predicted octanol–water partition coefficient (Wildman–Crippen LogP) is 3.60. The number of ether oxygens (including phenoxy) is 1. The van der Waals surface area contributed by atoms with E-state index >= 15 is 0 Å². The van der Waals surface area contributed by atoms with Crippen molar-refractivity contribution >= 4 is 33.2 Å². The van der Waals surface area contributed by atoms with Crippen molar-refractivity contribution < 1.29 is 17.9 Å². The number of carbonyl (C=O) groups is 1. The number of carbonyl (C=O) groups excluding carboxylic acids is 1. The highest BCUT2D eigenvalue weighted by molar-refractivity contribution is 7.92. The van der Waals surface area contributed by atoms with Crippen LogP contribution in [-0.2, 0) is 21.4 Å². The fraction of sp³-hybridized carbons (Fsp3) is 0.350. The second-order valence-corrected chi connectivity index (χ2v) is 9.76. The van der Waals surface area contributed by atoms with Crippen molar-refractivity contribution in [1.82, 2.24) is 5.32 Å². The van der Waals surface area contributed by atoms with E-state index in [0.717, 1.165) is 6.26 Å². The Bertz CT molecular complexity index is 922. The summed E-state index contributed by atoms with van der Waals surface area (Å²) in [5.41, 5.74) is 0.849. The van der Waals surface area contributed by atoms with Gasteiger partial charge in [0.25, 0.3) is 5.91 Å². The van der Waals surface area contributed by atoms with Crippen molar-refractivity contribution in [3.63, 3.8) is 0 Å². The SMILES string of the molecule is CC(C)(C)NC(=O)COc1ccc(N(Cc2ccccc2Cl)S(C)(=O)=O)cc1. The summed E-state index contributed by atoms with van der Waals surface area (Å²) in [6, 6.07) is 13.6. The molecule has 0 bridgehead atoms. The van der Waals surface area contributed by atoms with E-state index in [9.17, 15) is 13.2 Å². The molecule has 2 rings (SSSR count). The summed E-state index contributed by atoms with van der Waals surface area (Å²) in [6.07, 6.45) is 1.14. The molecular formula is C20H25ClN2O4S. The van der Waals surface area contributed by atoms with Gasteiger partial charge in [-0.05, 0) is 56.7 Å². The zero-order chi connectivity index (χ0) is 20.9. The second-order valence-electron chi connectivity index (χ2n) is 7.44. The van der Waals surface area contributed by atoms with Gasteiger partial charge in [-0.1, -0.05) is 29.8 Å². The lowest BCUT2D eigenvalue weighted by molar-refractivity contribution is -0.124. The number of nitrogens with zero attached hydrogens (tertiary/aromatic N) is 1. The van der Waals surface area contributed by atoms with Gasteiger partial charge >= 0.3 is 0 Å². The predicted molar refractivity (Wildman–Crippen MR) is 112 cm³/mol. The molecule has 152 valence electrons. The Hall–Kier alpha value is -2.25. The number of benzene rings is 2. The summed E-state index contributed by atoms with van der Waals surface area (Å²) in [5, 5.41) is 3.31. The summed E-state index contributed by atoms with van der Waals surface area (Å²) in [7, 11) is -3.52. The van der Waals surface area contributed by atoms with Crippen molar-refractivity contribution in [3.05, 3.63) is 59.1 Å². The number of anilines is 1. The first kappa shape index (κ1) is 22.0. The lowest BCUT2D eigenvalue weighted by Crippen LogP contribution is -2.43. The molecule has 8 heteroatoms. The molecule has 0 spiro atoms. The topological polar surface area (TPSA) is 75.7 Å². The number of sulfonamides is 1. The number of amides is 1. The number of nitrogens with one attached hydrogen (secondary N) is 1. The van der Waals surface area contributed by atoms with Crippen molar-refractivity contribution in [2.45, 2.75) is 32.9 Å². The Balaban J connectivity index is 2.12. The van der Waals surface area contributed by atoms with Gasteiger partial charge in [0.05, 0.1) is 18.5 Å². The van der Waals surface area contributed by atoms with Crippen LogP contribution in [0, 0.1) is 0 Å². The van der Waals surface area contributed by atoms with Crippen LogP contribution < -0.4 is 14.4 Å². The van der Waals surface area contributed by atoms with Crippen LogP contribution in [-0.4, -0.2) is 32.7 Å². The van der Waals surface area contributed by atoms with Crippen LogP contribution in [0.25, 0.3) is 0 Å². The quantitative estimate of drug-likeness (QED) is 0.736. The Morgan fingerprint density at radius 1 is 1.11 bits per heavy atom. The highest BCUT2D eigenvalue weighted by Crippen LogP contribution is 2.26. The van der Waals surface area contributed by atoms with Crippen LogP contribution in [0.15, 0.2) is 48.5 Å². The van der Waals surface area contributed by atoms with E-state index in [0.29, 0.717) is 22.0 Å². The molecule has 0 aliphatic heterocycles. The number of halogens is 1. The molecule has 1 N–H and O–H groups in total. The zero-order valence-electron chi connectivity index (χ0n) is 16.4. The van der Waals surface area contributed by atoms with E-state index in [1.165, 1.54) is 4.31 Å². The van der Waals surface area contributed by atoms with Crippen molar-refractivity contribution in [2.24, 2.45) is 0 Å². The van der Waals surface area contributed by atoms with Crippen LogP contribution in [0.2, 0.25) is 5.02 Å². The van der Waals surface area contributed by atoms with Crippen LogP contribution in [0.3, 0.4) is 0 Å². The van der Waals surface area contributed by atoms with Gasteiger partial charge in [-0.3, -0.25) is 9.10 Å². The lowest BCUT2D eigenvalue weighted by atomic mass is 10.1. The zero-order valence-corrected chi connectivity index (χ0v) is 18.0. The number of hydrogen-bond donors (Lipinski definition) is 1. The van der Waals surface area contributed by atoms with Crippen molar-refractivity contribution in [1.29, 1.82) is 0 Å². The minimum atomic E-state index is -3.52. The van der Waals surface area contributed by atoms with Crippen LogP contribution in [0.4, 0.5) is 5.69 Å². The van der Waals surface area contributed by atoms with E-state index < -0.39 is 10.0 Å². The molecule has 0 aliphatic rings. The summed E-state index contributed by atoms with van der Waals surface area (Å²) in [4.78, 5) is 11.8. The molecule has 0 fully saturated rings. The minimum Gasteiger partial charge on any atom is -0.484 e. The third-order valence-electron chi connectivity index (χ3n) is 3.68. The molecular weight excluding hydrogens is 400 g/mol. The monoisotopic (exact) mass is 424 g/mol. The maximum absolute atomic E-state index is 12.3. The second kappa shape index (κ2) is 8.84. The van der Waals surface area contributed by atoms with E-state index in [1.54, 1.807) is 48.5 Å². The standard InChI is InChI=1S/C20H25ClN2O4S/c1-20(2,3)22-19(24)14-27-17-11-9-16(10-12-17)23(28(4,25)26)13-15-7-5-6-8-18(15)21/h5-12H,13-14H2,1-4H3,(H,22,24). The van der Waals surface area contributed by atoms with Gasteiger partial charge in [-0.25, -0.2) is 8.42 Å². The highest BCUT2D eigenvalue weighted by atomic mass is 35.5. The first-order valence-electron chi connectivity index (χ1n) is 8.71. The summed E-state index contributed by atoms with van der Waals surface area (Å²) < 4.78 is 31.3. The fourth-order valence-corrected chi connectivity index (χ4v) is 3.57. The molecule has 1 amide bonds. The average molecular weight is 425 g/mol. The molecule has 2 aromatic carbocycles. The highest BCUT2D eigenvalue weighted by Gasteiger charge is 2.19. The van der Waals surface area contributed by atoms with Crippen LogP contribution in [0.1, 0.15) is 26.3 Å². The first-order chi connectivity index (χ1) is 13.0. The molecule has 6 nitrogen and oxygen atoms in total. The van der Waals surface area contributed by atoms with Gasteiger partial charge in [0.2, 0.25) is 10.0 Å². The molecule has 0 aliphatic carbocycles. The summed E-state index contributed by atoms with van der Waals surface area (Å²) in [6.45, 7) is 5.66. The molecule has 0 heterocycles. The van der Waals surface area contributed by atoms with Gasteiger partial charge in [-0.2, -0.15) is 0 Å². The molecule has 28 heavy (non-hydrogen) atoms. The summed E-state index contributed by atoms with van der Waals surface area (Å²) >= 11 is 6.17. The van der Waals surface area contributed by atoms with E-state index in [-0.39, 0.29) is 24.6 Å². The molecule has 0 saturated carbocycles. The number of hydrogen-bond acceptors (Lipinski definition) is 4. The third kappa shape index (κ3) is 6.73. The van der Waals surface area contributed by atoms with Gasteiger partial charge in [0.15, 0.2) is 6.61 Å². The van der Waals surface area contributed by atoms with E-state index in [1.807, 2.05) is 20.8 Å². The Labute approximate surface area is 171 Å². The Morgan fingerprint density at radius 3 is 2.25 bits per heavy atom. The number of rotatable bonds is 7. The molecule has 0 saturated heterocycles. The molecule has 0 atom stereocenters. The molecule has 0 unspecified atom stereocenters. The molecule has 0 radical (unpaired) electrons. The van der Waals surface area contributed by atoms with Gasteiger partial charge in [-0.15, -0.1) is 0 Å². The van der Waals surface area contributed by atoms with Gasteiger partial charge in [0, 0.05) is 10.6 Å². The fourth-order valence-electron chi connectivity index (χ4n) is 2.49. The molecule has 2 aromatic rings. The lowest BCUT2D eigenvalue weighted by Gasteiger charge is -2.23.